The van der Waals surface area contributed by atoms with E-state index >= 15 is 0 Å². The van der Waals surface area contributed by atoms with Crippen molar-refractivity contribution < 1.29 is 4.74 Å². The van der Waals surface area contributed by atoms with Crippen LogP contribution in [0.4, 0.5) is 0 Å². The Balaban J connectivity index is 2.52. The molecule has 0 saturated heterocycles. The summed E-state index contributed by atoms with van der Waals surface area (Å²) in [5, 5.41) is 7.88. The van der Waals surface area contributed by atoms with Gasteiger partial charge in [0.2, 0.25) is 0 Å². The van der Waals surface area contributed by atoms with E-state index in [2.05, 4.69) is 25.4 Å². The smallest absolute Gasteiger partial charge is 0.156 e. The molecule has 0 spiro atoms. The maximum Gasteiger partial charge on any atom is 0.156 e. The summed E-state index contributed by atoms with van der Waals surface area (Å²) in [4.78, 5) is 4.17. The van der Waals surface area contributed by atoms with Gasteiger partial charge in [-0.3, -0.25) is 5.41 Å². The molecule has 1 aromatic rings. The van der Waals surface area contributed by atoms with Crippen LogP contribution in [-0.4, -0.2) is 28.5 Å². The Kier molecular flexibility index (Phi) is 4.92. The van der Waals surface area contributed by atoms with Crippen LogP contribution >= 0.6 is 0 Å². The van der Waals surface area contributed by atoms with Crippen molar-refractivity contribution in [2.75, 3.05) is 13.2 Å². The van der Waals surface area contributed by atoms with Crippen LogP contribution in [0.25, 0.3) is 0 Å². The summed E-state index contributed by atoms with van der Waals surface area (Å²) in [5.41, 5.74) is 0.419. The van der Waals surface area contributed by atoms with Crippen molar-refractivity contribution in [2.45, 2.75) is 26.3 Å². The van der Waals surface area contributed by atoms with Gasteiger partial charge in [0, 0.05) is 18.4 Å². The first-order chi connectivity index (χ1) is 7.66. The number of imidazole rings is 1. The topological polar surface area (TPSA) is 50.9 Å². The SMILES string of the molecule is C=CCCOCC(=N)c1nccn1C(C)C. The van der Waals surface area contributed by atoms with Crippen LogP contribution < -0.4 is 0 Å². The maximum atomic E-state index is 7.88. The molecule has 0 amide bonds. The summed E-state index contributed by atoms with van der Waals surface area (Å²) in [6.07, 6.45) is 6.22. The molecule has 0 unspecified atom stereocenters. The minimum atomic E-state index is 0.303. The summed E-state index contributed by atoms with van der Waals surface area (Å²) in [6, 6.07) is 0.311. The van der Waals surface area contributed by atoms with Gasteiger partial charge in [-0.05, 0) is 20.3 Å². The third-order valence-corrected chi connectivity index (χ3v) is 2.21. The van der Waals surface area contributed by atoms with Gasteiger partial charge in [0.15, 0.2) is 5.82 Å². The maximum absolute atomic E-state index is 7.88. The second-order valence-electron chi connectivity index (χ2n) is 3.86. The van der Waals surface area contributed by atoms with E-state index < -0.39 is 0 Å². The van der Waals surface area contributed by atoms with Gasteiger partial charge in [-0.15, -0.1) is 6.58 Å². The zero-order valence-electron chi connectivity index (χ0n) is 9.94. The van der Waals surface area contributed by atoms with Crippen LogP contribution in [0.5, 0.6) is 0 Å². The highest BCUT2D eigenvalue weighted by molar-refractivity contribution is 5.96. The van der Waals surface area contributed by atoms with E-state index in [1.54, 1.807) is 12.3 Å². The van der Waals surface area contributed by atoms with Crippen molar-refractivity contribution in [2.24, 2.45) is 0 Å². The van der Waals surface area contributed by atoms with Gasteiger partial charge >= 0.3 is 0 Å². The highest BCUT2D eigenvalue weighted by Crippen LogP contribution is 2.08. The first-order valence-electron chi connectivity index (χ1n) is 5.46. The molecule has 0 bridgehead atoms. The third-order valence-electron chi connectivity index (χ3n) is 2.21. The Hall–Kier alpha value is -1.42. The number of hydrogen-bond donors (Lipinski definition) is 1. The average Bonchev–Trinajstić information content (AvgIpc) is 2.73. The lowest BCUT2D eigenvalue weighted by molar-refractivity contribution is 0.176. The van der Waals surface area contributed by atoms with Crippen molar-refractivity contribution in [3.8, 4) is 0 Å². The Morgan fingerprint density at radius 2 is 2.44 bits per heavy atom. The predicted octanol–water partition coefficient (Wildman–Crippen LogP) is 2.42. The average molecular weight is 221 g/mol. The van der Waals surface area contributed by atoms with E-state index in [0.717, 1.165) is 6.42 Å². The van der Waals surface area contributed by atoms with Gasteiger partial charge in [0.25, 0.3) is 0 Å². The van der Waals surface area contributed by atoms with Crippen LogP contribution in [0, 0.1) is 5.41 Å². The Labute approximate surface area is 96.5 Å². The van der Waals surface area contributed by atoms with E-state index in [1.165, 1.54) is 0 Å². The second kappa shape index (κ2) is 6.23. The largest absolute Gasteiger partial charge is 0.375 e. The highest BCUT2D eigenvalue weighted by atomic mass is 16.5. The predicted molar refractivity (Wildman–Crippen MR) is 65.1 cm³/mol. The monoisotopic (exact) mass is 221 g/mol. The van der Waals surface area contributed by atoms with Crippen LogP contribution in [0.3, 0.4) is 0 Å². The lowest BCUT2D eigenvalue weighted by atomic mass is 10.3. The molecule has 0 radical (unpaired) electrons. The number of ether oxygens (including phenoxy) is 1. The molecule has 0 atom stereocenters. The lowest BCUT2D eigenvalue weighted by Crippen LogP contribution is -2.17. The number of nitrogens with one attached hydrogen (secondary N) is 1. The molecule has 0 saturated carbocycles. The normalized spacial score (nSPS) is 10.7. The second-order valence-corrected chi connectivity index (χ2v) is 3.86. The molecular weight excluding hydrogens is 202 g/mol. The highest BCUT2D eigenvalue weighted by Gasteiger charge is 2.10. The van der Waals surface area contributed by atoms with Gasteiger partial charge in [-0.2, -0.15) is 0 Å². The standard InChI is InChI=1S/C12H19N3O/c1-4-5-8-16-9-11(13)12-14-6-7-15(12)10(2)3/h4,6-7,10,13H,1,5,8-9H2,2-3H3. The minimum Gasteiger partial charge on any atom is -0.375 e. The van der Waals surface area contributed by atoms with E-state index in [0.29, 0.717) is 30.8 Å². The molecular formula is C12H19N3O. The molecule has 0 fully saturated rings. The van der Waals surface area contributed by atoms with Crippen LogP contribution in [0.1, 0.15) is 32.1 Å². The summed E-state index contributed by atoms with van der Waals surface area (Å²) in [6.45, 7) is 8.66. The van der Waals surface area contributed by atoms with E-state index in [9.17, 15) is 0 Å². The molecule has 0 aliphatic carbocycles. The van der Waals surface area contributed by atoms with Gasteiger partial charge in [-0.25, -0.2) is 4.98 Å². The molecule has 1 N–H and O–H groups in total. The quantitative estimate of drug-likeness (QED) is 0.437. The molecule has 0 aliphatic heterocycles. The summed E-state index contributed by atoms with van der Waals surface area (Å²) in [5.74, 6) is 0.689. The minimum absolute atomic E-state index is 0.303. The van der Waals surface area contributed by atoms with Crippen LogP contribution in [-0.2, 0) is 4.74 Å². The van der Waals surface area contributed by atoms with E-state index in [1.807, 2.05) is 10.8 Å². The number of nitrogens with zero attached hydrogens (tertiary/aromatic N) is 2. The van der Waals surface area contributed by atoms with Gasteiger partial charge < -0.3 is 9.30 Å². The van der Waals surface area contributed by atoms with Crippen molar-refractivity contribution in [1.29, 1.82) is 5.41 Å². The third kappa shape index (κ3) is 3.31. The molecule has 1 aromatic heterocycles. The number of hydrogen-bond acceptors (Lipinski definition) is 3. The van der Waals surface area contributed by atoms with Crippen molar-refractivity contribution in [3.05, 3.63) is 30.9 Å². The first kappa shape index (κ1) is 12.6. The molecule has 4 heteroatoms. The Bertz CT molecular complexity index is 355. The lowest BCUT2D eigenvalue weighted by Gasteiger charge is -2.12. The zero-order chi connectivity index (χ0) is 12.0. The van der Waals surface area contributed by atoms with Crippen molar-refractivity contribution in [1.82, 2.24) is 9.55 Å². The van der Waals surface area contributed by atoms with Gasteiger partial charge in [0.05, 0.1) is 18.9 Å². The Morgan fingerprint density at radius 3 is 3.06 bits per heavy atom. The fourth-order valence-corrected chi connectivity index (χ4v) is 1.37. The molecule has 1 heterocycles. The van der Waals surface area contributed by atoms with Crippen molar-refractivity contribution >= 4 is 5.71 Å². The van der Waals surface area contributed by atoms with Crippen LogP contribution in [0.2, 0.25) is 0 Å². The van der Waals surface area contributed by atoms with Gasteiger partial charge in [0.1, 0.15) is 0 Å². The molecule has 1 rings (SSSR count). The van der Waals surface area contributed by atoms with E-state index in [4.69, 9.17) is 10.1 Å². The van der Waals surface area contributed by atoms with Crippen molar-refractivity contribution in [3.63, 3.8) is 0 Å². The zero-order valence-corrected chi connectivity index (χ0v) is 9.94. The fourth-order valence-electron chi connectivity index (χ4n) is 1.37. The summed E-state index contributed by atoms with van der Waals surface area (Å²) >= 11 is 0. The molecule has 16 heavy (non-hydrogen) atoms. The summed E-state index contributed by atoms with van der Waals surface area (Å²) < 4.78 is 7.32. The molecule has 0 aliphatic rings. The first-order valence-corrected chi connectivity index (χ1v) is 5.46. The Morgan fingerprint density at radius 1 is 1.69 bits per heavy atom. The number of aromatic nitrogens is 2. The fraction of sp³-hybridized carbons (Fsp3) is 0.500. The molecule has 0 aromatic carbocycles. The molecule has 88 valence electrons. The number of rotatable bonds is 7. The van der Waals surface area contributed by atoms with Gasteiger partial charge in [-0.1, -0.05) is 6.08 Å². The molecule has 4 nitrogen and oxygen atoms in total. The summed E-state index contributed by atoms with van der Waals surface area (Å²) in [7, 11) is 0. The van der Waals surface area contributed by atoms with E-state index in [-0.39, 0.29) is 0 Å². The van der Waals surface area contributed by atoms with Crippen LogP contribution in [0.15, 0.2) is 25.0 Å².